The minimum Gasteiger partial charge on any atom is -0.481 e. The summed E-state index contributed by atoms with van der Waals surface area (Å²) in [6.45, 7) is 4.07. The highest BCUT2D eigenvalue weighted by Gasteiger charge is 2.27. The van der Waals surface area contributed by atoms with E-state index in [-0.39, 0.29) is 12.5 Å². The number of aliphatic carboxylic acids is 1. The highest BCUT2D eigenvalue weighted by molar-refractivity contribution is 5.68. The molecule has 5 heteroatoms. The van der Waals surface area contributed by atoms with E-state index in [0.29, 0.717) is 0 Å². The molecule has 1 N–H and O–H groups in total. The van der Waals surface area contributed by atoms with Crippen molar-refractivity contribution < 1.29 is 9.90 Å². The number of carboxylic acids is 1. The molecule has 0 spiro atoms. The van der Waals surface area contributed by atoms with Crippen molar-refractivity contribution in [3.8, 4) is 0 Å². The Morgan fingerprint density at radius 3 is 2.55 bits per heavy atom. The highest BCUT2D eigenvalue weighted by atomic mass is 16.4. The number of nitrogens with zero attached hydrogens (tertiary/aromatic N) is 3. The molecule has 5 nitrogen and oxygen atoms in total. The summed E-state index contributed by atoms with van der Waals surface area (Å²) in [4.78, 5) is 13.6. The molecule has 0 amide bonds. The molecule has 1 aliphatic heterocycles. The SMILES string of the molecule is CCc1nn(C)cc1C(CC(=O)O)N1CCCCCC1. The molecule has 1 atom stereocenters. The van der Waals surface area contributed by atoms with Crippen LogP contribution in [0, 0.1) is 0 Å². The second-order valence-electron chi connectivity index (χ2n) is 5.62. The maximum atomic E-state index is 11.3. The van der Waals surface area contributed by atoms with Crippen LogP contribution in [-0.4, -0.2) is 38.8 Å². The van der Waals surface area contributed by atoms with Gasteiger partial charge in [0, 0.05) is 24.8 Å². The van der Waals surface area contributed by atoms with Gasteiger partial charge in [0.05, 0.1) is 12.1 Å². The molecular weight excluding hydrogens is 254 g/mol. The predicted molar refractivity (Wildman–Crippen MR) is 77.6 cm³/mol. The van der Waals surface area contributed by atoms with E-state index >= 15 is 0 Å². The summed E-state index contributed by atoms with van der Waals surface area (Å²) in [5.74, 6) is -0.731. The van der Waals surface area contributed by atoms with Gasteiger partial charge >= 0.3 is 5.97 Å². The van der Waals surface area contributed by atoms with Crippen LogP contribution in [-0.2, 0) is 18.3 Å². The van der Waals surface area contributed by atoms with Gasteiger partial charge in [-0.2, -0.15) is 5.10 Å². The van der Waals surface area contributed by atoms with E-state index in [4.69, 9.17) is 0 Å². The van der Waals surface area contributed by atoms with Crippen molar-refractivity contribution in [1.82, 2.24) is 14.7 Å². The molecule has 2 rings (SSSR count). The van der Waals surface area contributed by atoms with Gasteiger partial charge in [-0.15, -0.1) is 0 Å². The summed E-state index contributed by atoms with van der Waals surface area (Å²) in [5, 5.41) is 13.7. The number of hydrogen-bond donors (Lipinski definition) is 1. The lowest BCUT2D eigenvalue weighted by atomic mass is 10.0. The molecule has 0 saturated carbocycles. The zero-order valence-corrected chi connectivity index (χ0v) is 12.5. The van der Waals surface area contributed by atoms with E-state index in [0.717, 1.165) is 43.6 Å². The summed E-state index contributed by atoms with van der Waals surface area (Å²) in [5.41, 5.74) is 2.13. The Morgan fingerprint density at radius 2 is 2.00 bits per heavy atom. The lowest BCUT2D eigenvalue weighted by Gasteiger charge is -2.29. The average Bonchev–Trinajstić information content (AvgIpc) is 2.63. The number of hydrogen-bond acceptors (Lipinski definition) is 3. The third-order valence-corrected chi connectivity index (χ3v) is 4.08. The van der Waals surface area contributed by atoms with E-state index in [1.807, 2.05) is 13.2 Å². The topological polar surface area (TPSA) is 58.4 Å². The van der Waals surface area contributed by atoms with Crippen LogP contribution in [0.3, 0.4) is 0 Å². The number of aromatic nitrogens is 2. The molecule has 1 fully saturated rings. The van der Waals surface area contributed by atoms with Crippen LogP contribution >= 0.6 is 0 Å². The molecule has 20 heavy (non-hydrogen) atoms. The quantitative estimate of drug-likeness (QED) is 0.899. The van der Waals surface area contributed by atoms with Gasteiger partial charge in [-0.05, 0) is 32.4 Å². The molecule has 1 aromatic heterocycles. The van der Waals surface area contributed by atoms with E-state index < -0.39 is 5.97 Å². The Bertz CT molecular complexity index is 448. The van der Waals surface area contributed by atoms with Gasteiger partial charge in [0.25, 0.3) is 0 Å². The Kier molecular flexibility index (Phi) is 5.17. The second kappa shape index (κ2) is 6.88. The molecule has 1 saturated heterocycles. The zero-order chi connectivity index (χ0) is 14.5. The van der Waals surface area contributed by atoms with Gasteiger partial charge in [-0.3, -0.25) is 14.4 Å². The molecule has 1 unspecified atom stereocenters. The van der Waals surface area contributed by atoms with Crippen LogP contribution in [0.5, 0.6) is 0 Å². The minimum absolute atomic E-state index is 0.0331. The van der Waals surface area contributed by atoms with E-state index in [1.54, 1.807) is 4.68 Å². The van der Waals surface area contributed by atoms with Crippen LogP contribution in [0.4, 0.5) is 0 Å². The van der Waals surface area contributed by atoms with E-state index in [1.165, 1.54) is 12.8 Å². The van der Waals surface area contributed by atoms with Gasteiger partial charge in [0.1, 0.15) is 0 Å². The molecule has 0 aliphatic carbocycles. The molecule has 0 radical (unpaired) electrons. The van der Waals surface area contributed by atoms with Crippen molar-refractivity contribution in [3.05, 3.63) is 17.5 Å². The lowest BCUT2D eigenvalue weighted by molar-refractivity contribution is -0.138. The largest absolute Gasteiger partial charge is 0.481 e. The van der Waals surface area contributed by atoms with E-state index in [2.05, 4.69) is 16.9 Å². The first-order valence-electron chi connectivity index (χ1n) is 7.60. The molecular formula is C15H25N3O2. The standard InChI is InChI=1S/C15H25N3O2/c1-3-13-12(11-17(2)16-13)14(10-15(19)20)18-8-6-4-5-7-9-18/h11,14H,3-10H2,1-2H3,(H,19,20). The summed E-state index contributed by atoms with van der Waals surface area (Å²) in [6.07, 6.45) is 7.85. The Hall–Kier alpha value is -1.36. The van der Waals surface area contributed by atoms with Crippen LogP contribution in [0.1, 0.15) is 56.3 Å². The van der Waals surface area contributed by atoms with Crippen molar-refractivity contribution in [3.63, 3.8) is 0 Å². The Labute approximate surface area is 120 Å². The maximum Gasteiger partial charge on any atom is 0.305 e. The molecule has 1 aliphatic rings. The van der Waals surface area contributed by atoms with Gasteiger partial charge in [0.2, 0.25) is 0 Å². The van der Waals surface area contributed by atoms with E-state index in [9.17, 15) is 9.90 Å². The number of rotatable bonds is 5. The molecule has 0 bridgehead atoms. The van der Waals surface area contributed by atoms with Crippen molar-refractivity contribution in [2.24, 2.45) is 7.05 Å². The summed E-state index contributed by atoms with van der Waals surface area (Å²) < 4.78 is 1.81. The number of likely N-dealkylation sites (tertiary alicyclic amines) is 1. The minimum atomic E-state index is -0.731. The Balaban J connectivity index is 2.27. The number of carbonyl (C=O) groups is 1. The summed E-state index contributed by atoms with van der Waals surface area (Å²) in [7, 11) is 1.91. The highest BCUT2D eigenvalue weighted by Crippen LogP contribution is 2.29. The van der Waals surface area contributed by atoms with Gasteiger partial charge in [-0.1, -0.05) is 19.8 Å². The lowest BCUT2D eigenvalue weighted by Crippen LogP contribution is -2.31. The van der Waals surface area contributed by atoms with Gasteiger partial charge < -0.3 is 5.11 Å². The fourth-order valence-corrected chi connectivity index (χ4v) is 3.11. The van der Waals surface area contributed by atoms with Crippen molar-refractivity contribution >= 4 is 5.97 Å². The number of carboxylic acid groups (broad SMARTS) is 1. The third kappa shape index (κ3) is 3.60. The van der Waals surface area contributed by atoms with Crippen LogP contribution in [0.2, 0.25) is 0 Å². The van der Waals surface area contributed by atoms with Crippen LogP contribution in [0.15, 0.2) is 6.20 Å². The summed E-state index contributed by atoms with van der Waals surface area (Å²) >= 11 is 0. The number of aryl methyl sites for hydroxylation is 2. The first kappa shape index (κ1) is 15.0. The molecule has 112 valence electrons. The molecule has 1 aromatic rings. The van der Waals surface area contributed by atoms with Gasteiger partial charge in [-0.25, -0.2) is 0 Å². The zero-order valence-electron chi connectivity index (χ0n) is 12.5. The van der Waals surface area contributed by atoms with Crippen molar-refractivity contribution in [2.45, 2.75) is 51.5 Å². The monoisotopic (exact) mass is 279 g/mol. The first-order valence-corrected chi connectivity index (χ1v) is 7.60. The van der Waals surface area contributed by atoms with Gasteiger partial charge in [0.15, 0.2) is 0 Å². The smallest absolute Gasteiger partial charge is 0.305 e. The van der Waals surface area contributed by atoms with Crippen molar-refractivity contribution in [2.75, 3.05) is 13.1 Å². The Morgan fingerprint density at radius 1 is 1.35 bits per heavy atom. The molecule has 0 aromatic carbocycles. The average molecular weight is 279 g/mol. The second-order valence-corrected chi connectivity index (χ2v) is 5.62. The first-order chi connectivity index (χ1) is 9.61. The fraction of sp³-hybridized carbons (Fsp3) is 0.733. The van der Waals surface area contributed by atoms with Crippen molar-refractivity contribution in [1.29, 1.82) is 0 Å². The normalized spacial score (nSPS) is 18.7. The maximum absolute atomic E-state index is 11.3. The van der Waals surface area contributed by atoms with Crippen LogP contribution in [0.25, 0.3) is 0 Å². The third-order valence-electron chi connectivity index (χ3n) is 4.08. The summed E-state index contributed by atoms with van der Waals surface area (Å²) in [6, 6.07) is -0.0331. The predicted octanol–water partition coefficient (Wildman–Crippen LogP) is 2.37. The fourth-order valence-electron chi connectivity index (χ4n) is 3.11. The molecule has 2 heterocycles. The van der Waals surface area contributed by atoms with Crippen LogP contribution < -0.4 is 0 Å².